The number of carbonyl (C=O) groups is 2. The first-order valence-electron chi connectivity index (χ1n) is 11.8. The second-order valence-corrected chi connectivity index (χ2v) is 10.5. The van der Waals surface area contributed by atoms with Gasteiger partial charge < -0.3 is 9.64 Å². The second kappa shape index (κ2) is 9.25. The van der Waals surface area contributed by atoms with Gasteiger partial charge in [-0.25, -0.2) is 0 Å². The van der Waals surface area contributed by atoms with Crippen LogP contribution < -0.4 is 4.90 Å². The molecular weight excluding hydrogens is 466 g/mol. The lowest BCUT2D eigenvalue weighted by Crippen LogP contribution is -2.08. The highest BCUT2D eigenvalue weighted by Gasteiger charge is 2.35. The summed E-state index contributed by atoms with van der Waals surface area (Å²) in [6.07, 6.45) is 7.51. The van der Waals surface area contributed by atoms with Gasteiger partial charge >= 0.3 is 0 Å². The van der Waals surface area contributed by atoms with Gasteiger partial charge in [0.05, 0.1) is 10.6 Å². The summed E-state index contributed by atoms with van der Waals surface area (Å²) < 4.78 is 6.36. The van der Waals surface area contributed by atoms with Crippen molar-refractivity contribution in [2.45, 2.75) is 20.8 Å². The van der Waals surface area contributed by atoms with E-state index < -0.39 is 0 Å². The summed E-state index contributed by atoms with van der Waals surface area (Å²) in [4.78, 5) is 29.7. The molecule has 4 nitrogen and oxygen atoms in total. The van der Waals surface area contributed by atoms with Crippen molar-refractivity contribution in [3.8, 4) is 0 Å². The molecule has 5 rings (SSSR count). The Bertz CT molecular complexity index is 1490. The van der Waals surface area contributed by atoms with Crippen LogP contribution in [0.15, 0.2) is 83.7 Å². The average Bonchev–Trinajstić information content (AvgIpc) is 3.40. The summed E-state index contributed by atoms with van der Waals surface area (Å²) in [7, 11) is 4.03. The van der Waals surface area contributed by atoms with Crippen LogP contribution in [-0.2, 0) is 4.74 Å². The minimum atomic E-state index is -0.242. The summed E-state index contributed by atoms with van der Waals surface area (Å²) >= 11 is 1.67. The van der Waals surface area contributed by atoms with E-state index in [1.807, 2.05) is 32.3 Å². The number of hydrogen-bond donors (Lipinski definition) is 0. The fourth-order valence-corrected chi connectivity index (χ4v) is 5.62. The highest BCUT2D eigenvalue weighted by Crippen LogP contribution is 2.37. The number of carbonyl (C=O) groups excluding carboxylic acids is 2. The maximum absolute atomic E-state index is 13.3. The van der Waals surface area contributed by atoms with Gasteiger partial charge in [-0.1, -0.05) is 42.0 Å². The number of ketones is 2. The van der Waals surface area contributed by atoms with E-state index in [1.165, 1.54) is 5.56 Å². The normalized spacial score (nSPS) is 15.2. The molecule has 0 saturated carbocycles. The number of hydrogen-bond acceptors (Lipinski definition) is 5. The molecule has 3 aromatic rings. The molecule has 0 bridgehead atoms. The molecule has 0 N–H and O–H groups in total. The van der Waals surface area contributed by atoms with Crippen LogP contribution in [0.2, 0.25) is 0 Å². The monoisotopic (exact) mass is 493 g/mol. The van der Waals surface area contributed by atoms with Gasteiger partial charge in [0.25, 0.3) is 0 Å². The molecule has 1 aliphatic carbocycles. The summed E-state index contributed by atoms with van der Waals surface area (Å²) in [6.45, 7) is 6.17. The van der Waals surface area contributed by atoms with Gasteiger partial charge in [-0.05, 0) is 73.9 Å². The number of nitrogens with zero attached hydrogens (tertiary/aromatic N) is 1. The van der Waals surface area contributed by atoms with Crippen molar-refractivity contribution < 1.29 is 14.3 Å². The summed E-state index contributed by atoms with van der Waals surface area (Å²) in [5, 5.41) is 1.16. The number of anilines is 1. The Morgan fingerprint density at radius 3 is 2.06 bits per heavy atom. The molecule has 1 aliphatic heterocycles. The zero-order valence-corrected chi connectivity index (χ0v) is 21.8. The van der Waals surface area contributed by atoms with Gasteiger partial charge in [0.1, 0.15) is 11.5 Å². The van der Waals surface area contributed by atoms with Gasteiger partial charge in [-0.2, -0.15) is 0 Å². The van der Waals surface area contributed by atoms with Crippen molar-refractivity contribution in [3.63, 3.8) is 0 Å². The molecule has 0 amide bonds. The summed E-state index contributed by atoms with van der Waals surface area (Å²) in [5.74, 6) is 0.722. The third-order valence-electron chi connectivity index (χ3n) is 6.36. The lowest BCUT2D eigenvalue weighted by atomic mass is 9.94. The molecule has 2 aromatic carbocycles. The molecule has 0 unspecified atom stereocenters. The maximum atomic E-state index is 13.3. The van der Waals surface area contributed by atoms with E-state index in [-0.39, 0.29) is 17.1 Å². The minimum absolute atomic E-state index is 0.191. The van der Waals surface area contributed by atoms with Gasteiger partial charge in [-0.15, -0.1) is 11.3 Å². The van der Waals surface area contributed by atoms with E-state index >= 15 is 0 Å². The van der Waals surface area contributed by atoms with Crippen molar-refractivity contribution in [3.05, 3.63) is 122 Å². The molecule has 5 heteroatoms. The average molecular weight is 494 g/mol. The number of benzene rings is 2. The topological polar surface area (TPSA) is 46.6 Å². The number of aryl methyl sites for hydroxylation is 3. The number of Topliss-reactive ketones (excluding diaryl/α,β-unsaturated/α-hetero) is 2. The smallest absolute Gasteiger partial charge is 0.198 e. The Labute approximate surface area is 215 Å². The standard InChI is InChI=1S/C31H27NO3S/c1-18-14-19(2)28(20(3)15-18)26-17-21(29-30(33)24-8-6-7-9-25(24)31(29)34)16-22(35-26)10-11-23-12-13-27(36-23)32(4)5/h6-17H,1-5H3. The second-order valence-electron chi connectivity index (χ2n) is 9.37. The fourth-order valence-electron chi connectivity index (χ4n) is 4.79. The first-order valence-corrected chi connectivity index (χ1v) is 12.6. The van der Waals surface area contributed by atoms with E-state index in [2.05, 4.69) is 49.9 Å². The minimum Gasteiger partial charge on any atom is -0.457 e. The number of thiophene rings is 1. The zero-order valence-electron chi connectivity index (χ0n) is 21.0. The summed E-state index contributed by atoms with van der Waals surface area (Å²) in [6, 6.07) is 15.4. The van der Waals surface area contributed by atoms with Crippen molar-refractivity contribution in [1.82, 2.24) is 0 Å². The van der Waals surface area contributed by atoms with Crippen molar-refractivity contribution in [1.29, 1.82) is 0 Å². The number of fused-ring (bicyclic) bond motifs is 1. The number of rotatable bonds is 4. The molecule has 0 atom stereocenters. The first kappa shape index (κ1) is 23.8. The Morgan fingerprint density at radius 1 is 0.833 bits per heavy atom. The number of allylic oxidation sites excluding steroid dienone is 5. The highest BCUT2D eigenvalue weighted by atomic mass is 32.1. The van der Waals surface area contributed by atoms with E-state index in [4.69, 9.17) is 4.74 Å². The largest absolute Gasteiger partial charge is 0.457 e. The fraction of sp³-hybridized carbons (Fsp3) is 0.161. The predicted octanol–water partition coefficient (Wildman–Crippen LogP) is 7.08. The van der Waals surface area contributed by atoms with Crippen LogP contribution in [0.1, 0.15) is 47.8 Å². The molecule has 0 saturated heterocycles. The Balaban J connectivity index is 1.63. The molecule has 2 heterocycles. The van der Waals surface area contributed by atoms with Crippen LogP contribution in [0.25, 0.3) is 11.8 Å². The van der Waals surface area contributed by atoms with Crippen molar-refractivity contribution in [2.75, 3.05) is 19.0 Å². The molecule has 2 aliphatic rings. The molecule has 0 radical (unpaired) electrons. The Morgan fingerprint density at radius 2 is 1.47 bits per heavy atom. The van der Waals surface area contributed by atoms with E-state index in [0.29, 0.717) is 28.2 Å². The van der Waals surface area contributed by atoms with Gasteiger partial charge in [0, 0.05) is 35.7 Å². The zero-order chi connectivity index (χ0) is 25.6. The predicted molar refractivity (Wildman–Crippen MR) is 148 cm³/mol. The van der Waals surface area contributed by atoms with Crippen LogP contribution in [0, 0.1) is 20.8 Å². The maximum Gasteiger partial charge on any atom is 0.198 e. The lowest BCUT2D eigenvalue weighted by molar-refractivity contribution is 0.0988. The lowest BCUT2D eigenvalue weighted by Gasteiger charge is -2.21. The third kappa shape index (κ3) is 4.27. The Hall–Kier alpha value is -3.96. The van der Waals surface area contributed by atoms with Crippen LogP contribution in [-0.4, -0.2) is 25.7 Å². The van der Waals surface area contributed by atoms with E-state index in [9.17, 15) is 9.59 Å². The van der Waals surface area contributed by atoms with Crippen molar-refractivity contribution >= 4 is 39.7 Å². The Kier molecular flexibility index (Phi) is 6.10. The third-order valence-corrected chi connectivity index (χ3v) is 7.58. The molecule has 0 spiro atoms. The van der Waals surface area contributed by atoms with Crippen LogP contribution in [0.3, 0.4) is 0 Å². The molecule has 0 fully saturated rings. The van der Waals surface area contributed by atoms with Crippen LogP contribution in [0.5, 0.6) is 0 Å². The van der Waals surface area contributed by atoms with E-state index in [0.717, 1.165) is 26.6 Å². The SMILES string of the molecule is Cc1cc(C)c(C2=CC(=C3C(=O)c4ccccc4C3=O)C=C(C=Cc3ccc(N(C)C)s3)O2)c(C)c1. The number of ether oxygens (including phenoxy) is 1. The molecular formula is C31H27NO3S. The summed E-state index contributed by atoms with van der Waals surface area (Å²) in [5.41, 5.74) is 5.97. The molecule has 1 aromatic heterocycles. The molecule has 180 valence electrons. The highest BCUT2D eigenvalue weighted by molar-refractivity contribution is 7.16. The van der Waals surface area contributed by atoms with Crippen molar-refractivity contribution in [2.24, 2.45) is 0 Å². The van der Waals surface area contributed by atoms with Gasteiger partial charge in [0.15, 0.2) is 11.6 Å². The van der Waals surface area contributed by atoms with E-state index in [1.54, 1.807) is 41.7 Å². The first-order chi connectivity index (χ1) is 17.2. The van der Waals surface area contributed by atoms with Gasteiger partial charge in [-0.3, -0.25) is 9.59 Å². The van der Waals surface area contributed by atoms with Crippen LogP contribution in [0.4, 0.5) is 5.00 Å². The van der Waals surface area contributed by atoms with Crippen LogP contribution >= 0.6 is 11.3 Å². The molecule has 36 heavy (non-hydrogen) atoms. The quantitative estimate of drug-likeness (QED) is 0.288. The van der Waals surface area contributed by atoms with Gasteiger partial charge in [0.2, 0.25) is 0 Å².